The molecular weight excluding hydrogens is 328 g/mol. The zero-order chi connectivity index (χ0) is 19.7. The first kappa shape index (κ1) is 22.4. The Bertz CT molecular complexity index is 571. The highest BCUT2D eigenvalue weighted by atomic mass is 16.5. The molecule has 1 aliphatic carbocycles. The number of hydrogen-bond acceptors (Lipinski definition) is 4. The normalized spacial score (nSPS) is 30.3. The van der Waals surface area contributed by atoms with Gasteiger partial charge in [0.05, 0.1) is 6.10 Å². The van der Waals surface area contributed by atoms with E-state index in [9.17, 15) is 14.7 Å². The number of rotatable bonds is 3. The number of allylic oxidation sites excluding steroid dienone is 2. The van der Waals surface area contributed by atoms with Gasteiger partial charge in [0.15, 0.2) is 0 Å². The highest BCUT2D eigenvalue weighted by molar-refractivity contribution is 5.80. The van der Waals surface area contributed by atoms with Crippen LogP contribution in [0.2, 0.25) is 0 Å². The van der Waals surface area contributed by atoms with Gasteiger partial charge in [-0.15, -0.1) is 0 Å². The number of carbonyl (C=O) groups excluding carboxylic acids is 2. The molecule has 3 atom stereocenters. The van der Waals surface area contributed by atoms with E-state index < -0.39 is 6.10 Å². The summed E-state index contributed by atoms with van der Waals surface area (Å²) in [6.45, 7) is 11.5. The molecule has 146 valence electrons. The van der Waals surface area contributed by atoms with Crippen LogP contribution in [0.25, 0.3) is 0 Å². The van der Waals surface area contributed by atoms with E-state index in [0.717, 1.165) is 36.8 Å². The Morgan fingerprint density at radius 3 is 2.58 bits per heavy atom. The van der Waals surface area contributed by atoms with Crippen molar-refractivity contribution >= 4 is 11.8 Å². The van der Waals surface area contributed by atoms with Crippen molar-refractivity contribution in [3.05, 3.63) is 35.5 Å². The van der Waals surface area contributed by atoms with E-state index in [1.54, 1.807) is 6.08 Å². The highest BCUT2D eigenvalue weighted by Crippen LogP contribution is 2.26. The summed E-state index contributed by atoms with van der Waals surface area (Å²) >= 11 is 0. The molecule has 0 aromatic rings. The van der Waals surface area contributed by atoms with Gasteiger partial charge >= 0.3 is 5.97 Å². The van der Waals surface area contributed by atoms with Gasteiger partial charge in [0.25, 0.3) is 0 Å². The van der Waals surface area contributed by atoms with Crippen LogP contribution in [0.5, 0.6) is 0 Å². The lowest BCUT2D eigenvalue weighted by Crippen LogP contribution is -2.21. The minimum atomic E-state index is -0.693. The number of carbonyl (C=O) groups is 2. The fourth-order valence-corrected chi connectivity index (χ4v) is 3.22. The lowest BCUT2D eigenvalue weighted by molar-refractivity contribution is -0.140. The van der Waals surface area contributed by atoms with Gasteiger partial charge in [0.2, 0.25) is 0 Å². The summed E-state index contributed by atoms with van der Waals surface area (Å²) in [4.78, 5) is 23.5. The van der Waals surface area contributed by atoms with Gasteiger partial charge in [-0.3, -0.25) is 9.59 Å². The maximum absolute atomic E-state index is 12.4. The second kappa shape index (κ2) is 11.1. The Morgan fingerprint density at radius 1 is 1.27 bits per heavy atom. The zero-order valence-corrected chi connectivity index (χ0v) is 16.7. The zero-order valence-electron chi connectivity index (χ0n) is 16.7. The molecule has 26 heavy (non-hydrogen) atoms. The summed E-state index contributed by atoms with van der Waals surface area (Å²) in [7, 11) is 0. The third-order valence-electron chi connectivity index (χ3n) is 5.10. The average molecular weight is 363 g/mol. The Kier molecular flexibility index (Phi) is 9.57. The van der Waals surface area contributed by atoms with E-state index in [0.29, 0.717) is 12.8 Å². The Morgan fingerprint density at radius 2 is 1.96 bits per heavy atom. The van der Waals surface area contributed by atoms with E-state index in [1.807, 2.05) is 13.8 Å². The van der Waals surface area contributed by atoms with Crippen LogP contribution in [0, 0.1) is 11.8 Å². The summed E-state index contributed by atoms with van der Waals surface area (Å²) in [5, 5.41) is 10.7. The first-order chi connectivity index (χ1) is 12.2. The van der Waals surface area contributed by atoms with Crippen molar-refractivity contribution in [2.24, 2.45) is 11.8 Å². The van der Waals surface area contributed by atoms with Crippen molar-refractivity contribution < 1.29 is 19.4 Å². The number of aliphatic hydroxyl groups is 1. The average Bonchev–Trinajstić information content (AvgIpc) is 2.55. The summed E-state index contributed by atoms with van der Waals surface area (Å²) in [6, 6.07) is 0. The fraction of sp³-hybridized carbons (Fsp3) is 0.636. The smallest absolute Gasteiger partial charge is 0.302 e. The molecular formula is C22H34O4. The van der Waals surface area contributed by atoms with E-state index >= 15 is 0 Å². The molecule has 1 unspecified atom stereocenters. The van der Waals surface area contributed by atoms with Crippen LogP contribution < -0.4 is 0 Å². The third-order valence-corrected chi connectivity index (χ3v) is 5.10. The molecule has 0 fully saturated rings. The maximum atomic E-state index is 12.4. The first-order valence-electron chi connectivity index (χ1n) is 9.55. The van der Waals surface area contributed by atoms with Crippen LogP contribution in [0.15, 0.2) is 35.5 Å². The molecule has 0 aliphatic heterocycles. The van der Waals surface area contributed by atoms with Crippen molar-refractivity contribution in [1.29, 1.82) is 0 Å². The molecule has 4 heteroatoms. The van der Waals surface area contributed by atoms with Gasteiger partial charge in [-0.2, -0.15) is 0 Å². The van der Waals surface area contributed by atoms with E-state index in [2.05, 4.69) is 19.6 Å². The molecule has 0 radical (unpaired) electrons. The van der Waals surface area contributed by atoms with E-state index in [-0.39, 0.29) is 30.2 Å². The Balaban J connectivity index is 3.05. The van der Waals surface area contributed by atoms with E-state index in [4.69, 9.17) is 4.74 Å². The molecule has 0 spiro atoms. The number of ether oxygens (including phenoxy) is 1. The summed E-state index contributed by atoms with van der Waals surface area (Å²) < 4.78 is 5.11. The summed E-state index contributed by atoms with van der Waals surface area (Å²) in [6.07, 6.45) is 7.65. The van der Waals surface area contributed by atoms with Gasteiger partial charge in [-0.25, -0.2) is 0 Å². The number of esters is 1. The van der Waals surface area contributed by atoms with Gasteiger partial charge in [0.1, 0.15) is 12.4 Å². The minimum absolute atomic E-state index is 0.0186. The molecule has 0 saturated carbocycles. The molecule has 0 aromatic heterocycles. The molecule has 0 bridgehead atoms. The molecule has 4 nitrogen and oxygen atoms in total. The van der Waals surface area contributed by atoms with Crippen LogP contribution in [-0.2, 0) is 14.3 Å². The maximum Gasteiger partial charge on any atom is 0.302 e. The van der Waals surface area contributed by atoms with Crippen LogP contribution in [0.4, 0.5) is 0 Å². The quantitative estimate of drug-likeness (QED) is 0.591. The lowest BCUT2D eigenvalue weighted by atomic mass is 9.86. The number of aliphatic hydroxyl groups excluding tert-OH is 1. The minimum Gasteiger partial charge on any atom is -0.461 e. The first-order valence-corrected chi connectivity index (χ1v) is 9.55. The fourth-order valence-electron chi connectivity index (χ4n) is 3.22. The van der Waals surface area contributed by atoms with Crippen LogP contribution >= 0.6 is 0 Å². The molecule has 0 saturated heterocycles. The molecule has 0 amide bonds. The Labute approximate surface area is 158 Å². The number of ketones is 1. The molecule has 1 aliphatic rings. The van der Waals surface area contributed by atoms with Gasteiger partial charge in [-0.1, -0.05) is 36.8 Å². The van der Waals surface area contributed by atoms with Crippen molar-refractivity contribution in [2.75, 3.05) is 6.61 Å². The number of hydrogen-bond donors (Lipinski definition) is 1. The van der Waals surface area contributed by atoms with Crippen molar-refractivity contribution in [1.82, 2.24) is 0 Å². The SMILES string of the molecule is C=C(C)[C@H]1CC/C(C)=C/CCC(C)C(=O)CC/C(COC(C)=O)=C\[C@@H]1O. The Hall–Kier alpha value is -1.68. The predicted octanol–water partition coefficient (Wildman–Crippen LogP) is 4.53. The summed E-state index contributed by atoms with van der Waals surface area (Å²) in [5.41, 5.74) is 3.01. The molecule has 1 rings (SSSR count). The second-order valence-corrected chi connectivity index (χ2v) is 7.58. The van der Waals surface area contributed by atoms with Crippen LogP contribution in [0.1, 0.15) is 66.2 Å². The van der Waals surface area contributed by atoms with Gasteiger partial charge in [0, 0.05) is 25.2 Å². The highest BCUT2D eigenvalue weighted by Gasteiger charge is 2.20. The largest absolute Gasteiger partial charge is 0.461 e. The molecule has 0 aromatic carbocycles. The van der Waals surface area contributed by atoms with Crippen LogP contribution in [-0.4, -0.2) is 29.6 Å². The van der Waals surface area contributed by atoms with Crippen LogP contribution in [0.3, 0.4) is 0 Å². The number of Topliss-reactive ketones (excluding diaryl/α,β-unsaturated/α-hetero) is 1. The van der Waals surface area contributed by atoms with Gasteiger partial charge < -0.3 is 9.84 Å². The standard InChI is InChI=1S/C22H34O4/c1-15(2)20-11-9-16(3)7-6-8-17(4)21(24)12-10-19(13-22(20)25)14-26-18(5)23/h7,13,17,20,22,25H,1,6,8-12,14H2,2-5H3/b16-7+,19-13+/t17?,20-,22+/m1/s1. The molecule has 0 heterocycles. The lowest BCUT2D eigenvalue weighted by Gasteiger charge is -2.23. The van der Waals surface area contributed by atoms with Crippen molar-refractivity contribution in [3.8, 4) is 0 Å². The second-order valence-electron chi connectivity index (χ2n) is 7.58. The summed E-state index contributed by atoms with van der Waals surface area (Å²) in [5.74, 6) is -0.183. The van der Waals surface area contributed by atoms with Crippen molar-refractivity contribution in [2.45, 2.75) is 72.3 Å². The topological polar surface area (TPSA) is 63.6 Å². The monoisotopic (exact) mass is 362 g/mol. The predicted molar refractivity (Wildman–Crippen MR) is 105 cm³/mol. The van der Waals surface area contributed by atoms with E-state index in [1.165, 1.54) is 12.5 Å². The van der Waals surface area contributed by atoms with Gasteiger partial charge in [-0.05, 0) is 51.5 Å². The third kappa shape index (κ3) is 8.13. The van der Waals surface area contributed by atoms with Crippen molar-refractivity contribution in [3.63, 3.8) is 0 Å². The molecule has 1 N–H and O–H groups in total.